The molecule has 3 aromatic carbocycles. The van der Waals surface area contributed by atoms with Crippen LogP contribution in [0.25, 0.3) is 5.69 Å². The van der Waals surface area contributed by atoms with E-state index in [9.17, 15) is 8.42 Å². The van der Waals surface area contributed by atoms with Crippen LogP contribution < -0.4 is 0 Å². The molecule has 0 aliphatic carbocycles. The summed E-state index contributed by atoms with van der Waals surface area (Å²) in [4.78, 5) is 2.54. The number of tetrazole rings is 1. The Balaban J connectivity index is 1.59. The maximum atomic E-state index is 11.7. The zero-order valence-electron chi connectivity index (χ0n) is 17.2. The molecule has 4 rings (SSSR count). The van der Waals surface area contributed by atoms with Gasteiger partial charge in [-0.3, -0.25) is 4.90 Å². The van der Waals surface area contributed by atoms with Gasteiger partial charge in [0.25, 0.3) is 0 Å². The van der Waals surface area contributed by atoms with Crippen LogP contribution >= 0.6 is 0 Å². The van der Waals surface area contributed by atoms with Gasteiger partial charge in [0.05, 0.1) is 17.1 Å². The normalized spacial score (nSPS) is 11.7. The lowest BCUT2D eigenvalue weighted by atomic mass is 10.1. The van der Waals surface area contributed by atoms with Crippen molar-refractivity contribution in [2.24, 2.45) is 0 Å². The molecule has 31 heavy (non-hydrogen) atoms. The smallest absolute Gasteiger partial charge is 0.175 e. The third-order valence-electron chi connectivity index (χ3n) is 4.91. The van der Waals surface area contributed by atoms with Crippen LogP contribution in [-0.2, 0) is 29.5 Å². The Hall–Kier alpha value is -3.36. The molecule has 1 aromatic heterocycles. The lowest BCUT2D eigenvalue weighted by Gasteiger charge is -2.22. The summed E-state index contributed by atoms with van der Waals surface area (Å²) in [6, 6.07) is 27.1. The molecule has 0 unspecified atom stereocenters. The van der Waals surface area contributed by atoms with Gasteiger partial charge < -0.3 is 0 Å². The van der Waals surface area contributed by atoms with Crippen molar-refractivity contribution in [2.75, 3.05) is 6.26 Å². The SMILES string of the molecule is CS(=O)(=O)c1ccc(-n2nnnc2CN(Cc2ccccc2)Cc2ccccc2)cc1. The van der Waals surface area contributed by atoms with Crippen molar-refractivity contribution in [3.05, 3.63) is 102 Å². The molecule has 158 valence electrons. The van der Waals surface area contributed by atoms with Crippen molar-refractivity contribution in [2.45, 2.75) is 24.5 Å². The van der Waals surface area contributed by atoms with E-state index in [0.717, 1.165) is 13.1 Å². The molecule has 0 fully saturated rings. The van der Waals surface area contributed by atoms with Gasteiger partial charge in [-0.05, 0) is 45.8 Å². The highest BCUT2D eigenvalue weighted by atomic mass is 32.2. The van der Waals surface area contributed by atoms with E-state index in [0.29, 0.717) is 18.1 Å². The molecule has 0 N–H and O–H groups in total. The second kappa shape index (κ2) is 9.20. The molecule has 0 aliphatic rings. The molecule has 1 heterocycles. The maximum Gasteiger partial charge on any atom is 0.175 e. The number of sulfone groups is 1. The quantitative estimate of drug-likeness (QED) is 0.424. The second-order valence-electron chi connectivity index (χ2n) is 7.39. The minimum atomic E-state index is -3.26. The van der Waals surface area contributed by atoms with Gasteiger partial charge in [-0.15, -0.1) is 5.10 Å². The molecule has 7 nitrogen and oxygen atoms in total. The van der Waals surface area contributed by atoms with E-state index in [1.165, 1.54) is 17.4 Å². The Kier molecular flexibility index (Phi) is 6.20. The van der Waals surface area contributed by atoms with E-state index >= 15 is 0 Å². The first kappa shape index (κ1) is 20.9. The fourth-order valence-corrected chi connectivity index (χ4v) is 4.02. The van der Waals surface area contributed by atoms with Gasteiger partial charge in [-0.25, -0.2) is 8.42 Å². The van der Waals surface area contributed by atoms with E-state index in [1.54, 1.807) is 28.9 Å². The first-order chi connectivity index (χ1) is 15.0. The van der Waals surface area contributed by atoms with Crippen molar-refractivity contribution in [3.63, 3.8) is 0 Å². The predicted octanol–water partition coefficient (Wildman–Crippen LogP) is 3.27. The van der Waals surface area contributed by atoms with E-state index in [-0.39, 0.29) is 4.90 Å². The molecule has 0 bridgehead atoms. The summed E-state index contributed by atoms with van der Waals surface area (Å²) in [6.45, 7) is 2.02. The molecule has 4 aromatic rings. The van der Waals surface area contributed by atoms with Gasteiger partial charge in [0, 0.05) is 19.3 Å². The molecule has 0 radical (unpaired) electrons. The first-order valence-electron chi connectivity index (χ1n) is 9.87. The molecule has 0 amide bonds. The zero-order chi connectivity index (χ0) is 21.7. The summed E-state index contributed by atoms with van der Waals surface area (Å²) in [5.74, 6) is 0.680. The molecular weight excluding hydrogens is 410 g/mol. The first-order valence-corrected chi connectivity index (χ1v) is 11.8. The maximum absolute atomic E-state index is 11.7. The Bertz CT molecular complexity index is 1180. The number of aromatic nitrogens is 4. The van der Waals surface area contributed by atoms with Crippen LogP contribution in [0.4, 0.5) is 0 Å². The van der Waals surface area contributed by atoms with Crippen molar-refractivity contribution < 1.29 is 8.42 Å². The zero-order valence-corrected chi connectivity index (χ0v) is 18.0. The number of hydrogen-bond acceptors (Lipinski definition) is 6. The van der Waals surface area contributed by atoms with Gasteiger partial charge in [0.2, 0.25) is 0 Å². The van der Waals surface area contributed by atoms with Gasteiger partial charge >= 0.3 is 0 Å². The van der Waals surface area contributed by atoms with Crippen molar-refractivity contribution in [3.8, 4) is 5.69 Å². The molecule has 0 atom stereocenters. The number of nitrogens with zero attached hydrogens (tertiary/aromatic N) is 5. The lowest BCUT2D eigenvalue weighted by molar-refractivity contribution is 0.239. The van der Waals surface area contributed by atoms with Crippen LogP contribution in [0.3, 0.4) is 0 Å². The third-order valence-corrected chi connectivity index (χ3v) is 6.04. The molecular formula is C23H23N5O2S. The number of hydrogen-bond donors (Lipinski definition) is 0. The van der Waals surface area contributed by atoms with Gasteiger partial charge in [-0.2, -0.15) is 4.68 Å². The highest BCUT2D eigenvalue weighted by Gasteiger charge is 2.15. The van der Waals surface area contributed by atoms with Crippen LogP contribution in [0.15, 0.2) is 89.8 Å². The average Bonchev–Trinajstić information content (AvgIpc) is 3.23. The van der Waals surface area contributed by atoms with E-state index in [1.807, 2.05) is 36.4 Å². The van der Waals surface area contributed by atoms with Crippen LogP contribution in [0.1, 0.15) is 17.0 Å². The molecule has 8 heteroatoms. The van der Waals surface area contributed by atoms with Crippen molar-refractivity contribution in [1.29, 1.82) is 0 Å². The van der Waals surface area contributed by atoms with Crippen LogP contribution in [0.5, 0.6) is 0 Å². The highest BCUT2D eigenvalue weighted by molar-refractivity contribution is 7.90. The highest BCUT2D eigenvalue weighted by Crippen LogP contribution is 2.17. The topological polar surface area (TPSA) is 81.0 Å². The average molecular weight is 434 g/mol. The summed E-state index contributed by atoms with van der Waals surface area (Å²) in [5.41, 5.74) is 3.12. The minimum absolute atomic E-state index is 0.264. The fourth-order valence-electron chi connectivity index (χ4n) is 3.39. The van der Waals surface area contributed by atoms with E-state index in [4.69, 9.17) is 0 Å². The van der Waals surface area contributed by atoms with E-state index in [2.05, 4.69) is 44.7 Å². The van der Waals surface area contributed by atoms with E-state index < -0.39 is 9.84 Å². The van der Waals surface area contributed by atoms with Crippen molar-refractivity contribution in [1.82, 2.24) is 25.1 Å². The third kappa shape index (κ3) is 5.42. The van der Waals surface area contributed by atoms with Crippen molar-refractivity contribution >= 4 is 9.84 Å². The monoisotopic (exact) mass is 433 g/mol. The summed E-state index contributed by atoms with van der Waals surface area (Å²) < 4.78 is 25.1. The molecule has 0 saturated heterocycles. The molecule has 0 saturated carbocycles. The van der Waals surface area contributed by atoms with Gasteiger partial charge in [-0.1, -0.05) is 60.7 Å². The summed E-state index contributed by atoms with van der Waals surface area (Å²) >= 11 is 0. The van der Waals surface area contributed by atoms with Crippen LogP contribution in [-0.4, -0.2) is 39.8 Å². The Morgan fingerprint density at radius 1 is 0.774 bits per heavy atom. The fraction of sp³-hybridized carbons (Fsp3) is 0.174. The largest absolute Gasteiger partial charge is 0.287 e. The Labute approximate surface area is 181 Å². The number of rotatable bonds is 8. The Morgan fingerprint density at radius 3 is 1.84 bits per heavy atom. The molecule has 0 spiro atoms. The summed E-state index contributed by atoms with van der Waals surface area (Å²) in [7, 11) is -3.26. The minimum Gasteiger partial charge on any atom is -0.287 e. The van der Waals surface area contributed by atoms with Crippen LogP contribution in [0.2, 0.25) is 0 Å². The second-order valence-corrected chi connectivity index (χ2v) is 9.41. The Morgan fingerprint density at radius 2 is 1.32 bits per heavy atom. The predicted molar refractivity (Wildman–Crippen MR) is 118 cm³/mol. The summed E-state index contributed by atoms with van der Waals surface area (Å²) in [5, 5.41) is 12.2. The standard InChI is InChI=1S/C23H23N5O2S/c1-31(29,30)22-14-12-21(13-15-22)28-23(24-25-26-28)18-27(16-19-8-4-2-5-9-19)17-20-10-6-3-7-11-20/h2-15H,16-18H2,1H3. The molecule has 0 aliphatic heterocycles. The van der Waals surface area contributed by atoms with Gasteiger partial charge in [0.1, 0.15) is 0 Å². The van der Waals surface area contributed by atoms with Crippen LogP contribution in [0, 0.1) is 0 Å². The summed E-state index contributed by atoms with van der Waals surface area (Å²) in [6.07, 6.45) is 1.19. The lowest BCUT2D eigenvalue weighted by Crippen LogP contribution is -2.24. The number of benzene rings is 3. The van der Waals surface area contributed by atoms with Gasteiger partial charge in [0.15, 0.2) is 15.7 Å².